The van der Waals surface area contributed by atoms with E-state index in [0.717, 1.165) is 54.6 Å². The van der Waals surface area contributed by atoms with E-state index in [1.807, 2.05) is 57.3 Å². The Bertz CT molecular complexity index is 1230. The first-order chi connectivity index (χ1) is 22.4. The fraction of sp³-hybridized carbons (Fsp3) is 0.475. The van der Waals surface area contributed by atoms with Gasteiger partial charge in [0.25, 0.3) is 0 Å². The fourth-order valence-corrected chi connectivity index (χ4v) is 4.92. The van der Waals surface area contributed by atoms with Gasteiger partial charge in [-0.3, -0.25) is 9.18 Å². The second-order valence-electron chi connectivity index (χ2n) is 11.4. The molecule has 1 unspecified atom stereocenters. The molecule has 2 atom stereocenters. The molecule has 4 nitrogen and oxygen atoms in total. The van der Waals surface area contributed by atoms with Gasteiger partial charge in [0.15, 0.2) is 0 Å². The summed E-state index contributed by atoms with van der Waals surface area (Å²) in [6.45, 7) is 27.0. The Hall–Kier alpha value is -3.38. The monoisotopic (exact) mass is 673 g/mol. The predicted molar refractivity (Wildman–Crippen MR) is 202 cm³/mol. The minimum atomic E-state index is -0.174. The second-order valence-corrected chi connectivity index (χ2v) is 11.8. The number of benzene rings is 1. The lowest BCUT2D eigenvalue weighted by atomic mass is 9.85. The van der Waals surface area contributed by atoms with Crippen molar-refractivity contribution >= 4 is 17.5 Å². The second kappa shape index (κ2) is 27.7. The van der Waals surface area contributed by atoms with E-state index in [1.165, 1.54) is 24.5 Å². The number of rotatable bonds is 13. The molecule has 1 fully saturated rings. The third-order valence-corrected chi connectivity index (χ3v) is 7.35. The van der Waals surface area contributed by atoms with Crippen LogP contribution in [0.3, 0.4) is 0 Å². The smallest absolute Gasteiger partial charge is 0.217 e. The van der Waals surface area contributed by atoms with Crippen molar-refractivity contribution in [3.8, 4) is 0 Å². The number of carbonyl (C=O) groups excluding carboxylic acids is 1. The Balaban J connectivity index is 0. The van der Waals surface area contributed by atoms with Gasteiger partial charge in [0.2, 0.25) is 5.91 Å². The third-order valence-electron chi connectivity index (χ3n) is 7.11. The molecule has 0 radical (unpaired) electrons. The van der Waals surface area contributed by atoms with E-state index >= 15 is 0 Å². The Morgan fingerprint density at radius 2 is 1.74 bits per heavy atom. The number of allylic oxidation sites excluding steroid dienone is 9. The summed E-state index contributed by atoms with van der Waals surface area (Å²) in [4.78, 5) is 13.4. The van der Waals surface area contributed by atoms with Gasteiger partial charge < -0.3 is 15.5 Å². The summed E-state index contributed by atoms with van der Waals surface area (Å²) in [5.41, 5.74) is 6.33. The Labute approximate surface area is 291 Å². The molecule has 0 bridgehead atoms. The van der Waals surface area contributed by atoms with Gasteiger partial charge in [0, 0.05) is 38.0 Å². The topological polar surface area (TPSA) is 44.4 Å². The summed E-state index contributed by atoms with van der Waals surface area (Å²) < 4.78 is 24.2. The molecule has 2 N–H and O–H groups in total. The number of piperidine rings is 1. The van der Waals surface area contributed by atoms with Gasteiger partial charge in [0.05, 0.1) is 12.2 Å². The highest BCUT2D eigenvalue weighted by molar-refractivity contribution is 6.31. The molecule has 1 saturated heterocycles. The quantitative estimate of drug-likeness (QED) is 0.205. The average Bonchev–Trinajstić information content (AvgIpc) is 3.05. The zero-order valence-corrected chi connectivity index (χ0v) is 31.5. The van der Waals surface area contributed by atoms with Crippen LogP contribution in [0.5, 0.6) is 0 Å². The Morgan fingerprint density at radius 1 is 1.09 bits per heavy atom. The normalized spacial score (nSPS) is 16.4. The van der Waals surface area contributed by atoms with Gasteiger partial charge in [-0.05, 0) is 101 Å². The molecule has 0 aliphatic carbocycles. The molecular formula is C40H62ClF2N3O. The number of nitrogens with one attached hydrogen (secondary N) is 2. The van der Waals surface area contributed by atoms with Crippen molar-refractivity contribution < 1.29 is 13.6 Å². The zero-order valence-electron chi connectivity index (χ0n) is 30.8. The van der Waals surface area contributed by atoms with E-state index < -0.39 is 0 Å². The maximum atomic E-state index is 14.7. The summed E-state index contributed by atoms with van der Waals surface area (Å²) in [6.07, 6.45) is 18.8. The maximum absolute atomic E-state index is 14.7. The van der Waals surface area contributed by atoms with Crippen molar-refractivity contribution in [2.75, 3.05) is 13.7 Å². The molecule has 47 heavy (non-hydrogen) atoms. The molecule has 0 saturated carbocycles. The minimum absolute atomic E-state index is 0.111. The van der Waals surface area contributed by atoms with E-state index in [4.69, 9.17) is 11.6 Å². The Kier molecular flexibility index (Phi) is 27.0. The highest BCUT2D eigenvalue weighted by atomic mass is 35.5. The van der Waals surface area contributed by atoms with Crippen LogP contribution in [0.1, 0.15) is 111 Å². The van der Waals surface area contributed by atoms with Crippen LogP contribution in [-0.4, -0.2) is 30.6 Å². The number of alkyl halides is 1. The fourth-order valence-electron chi connectivity index (χ4n) is 4.79. The van der Waals surface area contributed by atoms with Gasteiger partial charge in [-0.25, -0.2) is 4.39 Å². The number of hydrogen-bond acceptors (Lipinski definition) is 3. The summed E-state index contributed by atoms with van der Waals surface area (Å²) in [5.74, 6) is -0.0759. The van der Waals surface area contributed by atoms with Gasteiger partial charge in [0.1, 0.15) is 5.82 Å². The van der Waals surface area contributed by atoms with Crippen molar-refractivity contribution in [1.29, 1.82) is 0 Å². The first-order valence-corrected chi connectivity index (χ1v) is 17.1. The third kappa shape index (κ3) is 20.5. The first-order valence-electron chi connectivity index (χ1n) is 16.7. The van der Waals surface area contributed by atoms with Gasteiger partial charge >= 0.3 is 0 Å². The number of halogens is 3. The van der Waals surface area contributed by atoms with Gasteiger partial charge in [-0.2, -0.15) is 0 Å². The first kappa shape index (κ1) is 45.7. The predicted octanol–water partition coefficient (Wildman–Crippen LogP) is 11.6. The molecule has 7 heteroatoms. The van der Waals surface area contributed by atoms with Crippen LogP contribution in [0.15, 0.2) is 102 Å². The summed E-state index contributed by atoms with van der Waals surface area (Å²) in [6, 6.07) is 5.66. The highest BCUT2D eigenvalue weighted by Crippen LogP contribution is 2.35. The number of hydrogen-bond donors (Lipinski definition) is 2. The molecule has 2 rings (SSSR count). The van der Waals surface area contributed by atoms with Crippen LogP contribution in [0.4, 0.5) is 8.78 Å². The molecular weight excluding hydrogens is 612 g/mol. The molecule has 1 amide bonds. The van der Waals surface area contributed by atoms with E-state index in [2.05, 4.69) is 75.5 Å². The lowest BCUT2D eigenvalue weighted by molar-refractivity contribution is -0.119. The number of nitrogens with zero attached hydrogens (tertiary/aromatic N) is 1. The molecule has 1 aromatic rings. The lowest BCUT2D eigenvalue weighted by Gasteiger charge is -2.40. The molecule has 1 aliphatic rings. The Morgan fingerprint density at radius 3 is 2.23 bits per heavy atom. The molecule has 264 valence electrons. The van der Waals surface area contributed by atoms with Crippen molar-refractivity contribution in [2.45, 2.75) is 113 Å². The zero-order chi connectivity index (χ0) is 36.4. The van der Waals surface area contributed by atoms with Gasteiger partial charge in [-0.15, -0.1) is 0 Å². The number of amides is 1. The van der Waals surface area contributed by atoms with Gasteiger partial charge in [-0.1, -0.05) is 99.9 Å². The van der Waals surface area contributed by atoms with Crippen molar-refractivity contribution in [2.24, 2.45) is 0 Å². The summed E-state index contributed by atoms with van der Waals surface area (Å²) >= 11 is 5.97. The van der Waals surface area contributed by atoms with Crippen LogP contribution < -0.4 is 10.6 Å². The van der Waals surface area contributed by atoms with Crippen LogP contribution in [-0.2, 0) is 11.3 Å². The van der Waals surface area contributed by atoms with Crippen LogP contribution >= 0.6 is 11.6 Å². The molecule has 1 aromatic carbocycles. The van der Waals surface area contributed by atoms with Crippen molar-refractivity contribution in [3.63, 3.8) is 0 Å². The summed E-state index contributed by atoms with van der Waals surface area (Å²) in [7, 11) is 0.500. The van der Waals surface area contributed by atoms with E-state index in [-0.39, 0.29) is 17.6 Å². The highest BCUT2D eigenvalue weighted by Gasteiger charge is 2.28. The van der Waals surface area contributed by atoms with Crippen LogP contribution in [0.25, 0.3) is 0 Å². The average molecular weight is 674 g/mol. The standard InChI is InChI=1S/C23H31FN2O.C14H22ClN.C2H6.CH3F/c1-6-21(9-7-16(2)3)26-12-11-20(13-17(26)4)22-10-8-19(14-23(22)24)15-25-18(5)27;1-5-7-13(6-2)10-16-11-14(15)9-8-12(3)4;2*1-2/h6-10,14,17,20H,1,11-13,15H2,2-5H3,(H,25,27);8-11,16H,3,5-7H2,1-2,4H3;1-2H3;1H3/b21-9+;9-8-,13-10-,14-11+;;/t17-,20?;;;/m0.../s1. The van der Waals surface area contributed by atoms with Crippen molar-refractivity contribution in [3.05, 3.63) is 119 Å². The number of likely N-dealkylation sites (tertiary alicyclic amines) is 1. The minimum Gasteiger partial charge on any atom is -0.369 e. The summed E-state index contributed by atoms with van der Waals surface area (Å²) in [5, 5.41) is 6.49. The maximum Gasteiger partial charge on any atom is 0.217 e. The SMILES string of the molecule is C=C(C)/C=C\C(Cl)=C/N/C=C(/CC)CCC.C=C/C(=C\C=C(C)C)N1CCC(c2ccc(CNC(C)=O)cc2F)C[C@@H]1C.CC.CF. The van der Waals surface area contributed by atoms with Crippen LogP contribution in [0.2, 0.25) is 0 Å². The van der Waals surface area contributed by atoms with E-state index in [0.29, 0.717) is 24.8 Å². The molecule has 1 heterocycles. The lowest BCUT2D eigenvalue weighted by Crippen LogP contribution is -2.39. The largest absolute Gasteiger partial charge is 0.369 e. The van der Waals surface area contributed by atoms with Crippen LogP contribution in [0, 0.1) is 5.82 Å². The van der Waals surface area contributed by atoms with Crippen molar-refractivity contribution in [1.82, 2.24) is 15.5 Å². The van der Waals surface area contributed by atoms with E-state index in [1.54, 1.807) is 12.3 Å². The molecule has 0 aromatic heterocycles. The van der Waals surface area contributed by atoms with E-state index in [9.17, 15) is 13.6 Å². The molecule has 0 spiro atoms. The molecule has 1 aliphatic heterocycles. The number of carbonyl (C=O) groups is 1.